The number of ether oxygens (including phenoxy) is 1. The Balaban J connectivity index is 1.78. The molecule has 2 rings (SSSR count). The van der Waals surface area contributed by atoms with E-state index in [0.717, 1.165) is 24.4 Å². The van der Waals surface area contributed by atoms with Crippen LogP contribution in [0.1, 0.15) is 24.8 Å². The first kappa shape index (κ1) is 16.2. The minimum absolute atomic E-state index is 0.0720. The van der Waals surface area contributed by atoms with Gasteiger partial charge in [0, 0.05) is 0 Å². The number of benzene rings is 1. The van der Waals surface area contributed by atoms with Gasteiger partial charge in [0.2, 0.25) is 0 Å². The highest BCUT2D eigenvalue weighted by Crippen LogP contribution is 2.12. The molecule has 5 nitrogen and oxygen atoms in total. The summed E-state index contributed by atoms with van der Waals surface area (Å²) in [4.78, 5) is 14.0. The van der Waals surface area contributed by atoms with Crippen LogP contribution in [0.4, 0.5) is 0 Å². The van der Waals surface area contributed by atoms with E-state index in [0.29, 0.717) is 13.2 Å². The minimum Gasteiger partial charge on any atom is -0.490 e. The first-order valence-electron chi connectivity index (χ1n) is 7.66. The molecule has 0 bridgehead atoms. The van der Waals surface area contributed by atoms with E-state index in [9.17, 15) is 4.79 Å². The third-order valence-electron chi connectivity index (χ3n) is 3.44. The highest BCUT2D eigenvalue weighted by Gasteiger charge is 2.12. The van der Waals surface area contributed by atoms with Crippen molar-refractivity contribution >= 4 is 12.1 Å². The van der Waals surface area contributed by atoms with Crippen LogP contribution in [-0.4, -0.2) is 43.3 Å². The number of hydrogen-bond donors (Lipinski definition) is 1. The fourth-order valence-corrected chi connectivity index (χ4v) is 2.37. The zero-order valence-corrected chi connectivity index (χ0v) is 12.8. The number of piperidine rings is 1. The lowest BCUT2D eigenvalue weighted by molar-refractivity contribution is -0.122. The first-order valence-corrected chi connectivity index (χ1v) is 7.66. The number of nitrogens with zero attached hydrogens (tertiary/aromatic N) is 2. The van der Waals surface area contributed by atoms with Crippen LogP contribution in [0.5, 0.6) is 5.75 Å². The second-order valence-corrected chi connectivity index (χ2v) is 5.30. The summed E-state index contributed by atoms with van der Waals surface area (Å²) in [5, 5.41) is 4.00. The normalized spacial score (nSPS) is 15.6. The zero-order chi connectivity index (χ0) is 15.6. The number of likely N-dealkylation sites (tertiary alicyclic amines) is 1. The van der Waals surface area contributed by atoms with Crippen molar-refractivity contribution in [3.8, 4) is 5.75 Å². The van der Waals surface area contributed by atoms with Gasteiger partial charge < -0.3 is 4.74 Å². The summed E-state index contributed by atoms with van der Waals surface area (Å²) in [5.74, 6) is 0.681. The molecule has 0 atom stereocenters. The second kappa shape index (κ2) is 9.00. The first-order chi connectivity index (χ1) is 10.8. The Morgan fingerprint density at radius 1 is 1.36 bits per heavy atom. The Morgan fingerprint density at radius 3 is 2.95 bits per heavy atom. The van der Waals surface area contributed by atoms with Gasteiger partial charge in [0.1, 0.15) is 12.4 Å². The molecule has 0 saturated carbocycles. The van der Waals surface area contributed by atoms with Gasteiger partial charge in [-0.2, -0.15) is 5.10 Å². The van der Waals surface area contributed by atoms with Crippen molar-refractivity contribution in [3.63, 3.8) is 0 Å². The lowest BCUT2D eigenvalue weighted by Gasteiger charge is -2.25. The summed E-state index contributed by atoms with van der Waals surface area (Å²) in [6.45, 7) is 6.49. The van der Waals surface area contributed by atoms with Crippen LogP contribution in [0.2, 0.25) is 0 Å². The predicted molar refractivity (Wildman–Crippen MR) is 88.2 cm³/mol. The smallest absolute Gasteiger partial charge is 0.254 e. The average Bonchev–Trinajstić information content (AvgIpc) is 2.54. The monoisotopic (exact) mass is 301 g/mol. The molecule has 0 aromatic heterocycles. The number of rotatable bonds is 7. The van der Waals surface area contributed by atoms with E-state index >= 15 is 0 Å². The molecular weight excluding hydrogens is 278 g/mol. The van der Waals surface area contributed by atoms with Crippen LogP contribution in [0.25, 0.3) is 0 Å². The molecule has 5 heteroatoms. The van der Waals surface area contributed by atoms with Crippen molar-refractivity contribution in [2.45, 2.75) is 19.3 Å². The van der Waals surface area contributed by atoms with Crippen molar-refractivity contribution in [2.75, 3.05) is 26.2 Å². The molecule has 1 aromatic rings. The van der Waals surface area contributed by atoms with Gasteiger partial charge in [0.15, 0.2) is 0 Å². The van der Waals surface area contributed by atoms with E-state index in [1.54, 1.807) is 12.3 Å². The van der Waals surface area contributed by atoms with E-state index in [2.05, 4.69) is 22.0 Å². The van der Waals surface area contributed by atoms with Crippen molar-refractivity contribution in [2.24, 2.45) is 5.10 Å². The van der Waals surface area contributed by atoms with E-state index in [1.165, 1.54) is 19.3 Å². The Labute approximate surface area is 131 Å². The highest BCUT2D eigenvalue weighted by molar-refractivity contribution is 5.83. The molecular formula is C17H23N3O2. The van der Waals surface area contributed by atoms with Crippen LogP contribution in [0, 0.1) is 0 Å². The summed E-state index contributed by atoms with van der Waals surface area (Å²) in [7, 11) is 0. The van der Waals surface area contributed by atoms with E-state index < -0.39 is 0 Å². The molecule has 22 heavy (non-hydrogen) atoms. The third-order valence-corrected chi connectivity index (χ3v) is 3.44. The summed E-state index contributed by atoms with van der Waals surface area (Å²) in [6.07, 6.45) is 6.93. The van der Waals surface area contributed by atoms with Crippen molar-refractivity contribution in [3.05, 3.63) is 42.5 Å². The van der Waals surface area contributed by atoms with Crippen molar-refractivity contribution in [1.29, 1.82) is 0 Å². The minimum atomic E-state index is -0.0720. The molecule has 1 aromatic carbocycles. The number of hydrazone groups is 1. The molecule has 1 saturated heterocycles. The topological polar surface area (TPSA) is 53.9 Å². The average molecular weight is 301 g/mol. The number of carbonyl (C=O) groups excluding carboxylic acids is 1. The van der Waals surface area contributed by atoms with Crippen LogP contribution in [-0.2, 0) is 4.79 Å². The van der Waals surface area contributed by atoms with Gasteiger partial charge in [0.25, 0.3) is 5.91 Å². The number of nitrogens with one attached hydrogen (secondary N) is 1. The van der Waals surface area contributed by atoms with Crippen LogP contribution < -0.4 is 10.2 Å². The maximum atomic E-state index is 11.8. The lowest BCUT2D eigenvalue weighted by atomic mass is 10.1. The Morgan fingerprint density at radius 2 is 2.18 bits per heavy atom. The van der Waals surface area contributed by atoms with Gasteiger partial charge in [-0.1, -0.05) is 31.2 Å². The lowest BCUT2D eigenvalue weighted by Crippen LogP contribution is -2.38. The molecule has 0 aliphatic carbocycles. The van der Waals surface area contributed by atoms with Gasteiger partial charge in [-0.15, -0.1) is 0 Å². The van der Waals surface area contributed by atoms with Crippen LogP contribution in [0.15, 0.2) is 42.0 Å². The summed E-state index contributed by atoms with van der Waals surface area (Å²) in [6, 6.07) is 7.52. The summed E-state index contributed by atoms with van der Waals surface area (Å²) < 4.78 is 5.45. The van der Waals surface area contributed by atoms with Gasteiger partial charge in [-0.25, -0.2) is 5.43 Å². The molecule has 1 heterocycles. The second-order valence-electron chi connectivity index (χ2n) is 5.30. The van der Waals surface area contributed by atoms with Crippen molar-refractivity contribution < 1.29 is 9.53 Å². The van der Waals surface area contributed by atoms with Gasteiger partial charge >= 0.3 is 0 Å². The maximum absolute atomic E-state index is 11.8. The summed E-state index contributed by atoms with van der Waals surface area (Å²) >= 11 is 0. The molecule has 0 unspecified atom stereocenters. The van der Waals surface area contributed by atoms with Gasteiger partial charge in [-0.05, 0) is 43.6 Å². The van der Waals surface area contributed by atoms with Crippen LogP contribution >= 0.6 is 0 Å². The fourth-order valence-electron chi connectivity index (χ4n) is 2.37. The van der Waals surface area contributed by atoms with E-state index in [1.807, 2.05) is 24.3 Å². The van der Waals surface area contributed by atoms with Crippen LogP contribution in [0.3, 0.4) is 0 Å². The van der Waals surface area contributed by atoms with Gasteiger partial charge in [0.05, 0.1) is 12.8 Å². The Hall–Kier alpha value is -2.14. The number of amides is 1. The molecule has 0 spiro atoms. The molecule has 118 valence electrons. The summed E-state index contributed by atoms with van der Waals surface area (Å²) in [5.41, 5.74) is 3.45. The predicted octanol–water partition coefficient (Wildman–Crippen LogP) is 2.19. The largest absolute Gasteiger partial charge is 0.490 e. The van der Waals surface area contributed by atoms with Crippen molar-refractivity contribution in [1.82, 2.24) is 10.3 Å². The molecule has 1 amide bonds. The molecule has 1 aliphatic heterocycles. The number of carbonyl (C=O) groups is 1. The Kier molecular flexibility index (Phi) is 6.64. The zero-order valence-electron chi connectivity index (χ0n) is 12.8. The Bertz CT molecular complexity index is 522. The fraction of sp³-hybridized carbons (Fsp3) is 0.412. The van der Waals surface area contributed by atoms with Gasteiger partial charge in [-0.3, -0.25) is 9.69 Å². The van der Waals surface area contributed by atoms with E-state index in [4.69, 9.17) is 4.74 Å². The molecule has 1 N–H and O–H groups in total. The quantitative estimate of drug-likeness (QED) is 0.477. The maximum Gasteiger partial charge on any atom is 0.254 e. The standard InChI is InChI=1S/C17H23N3O2/c1-2-11-22-16-8-6-7-15(12-16)13-18-19-17(21)14-20-9-4-3-5-10-20/h2,6-8,12-13H,1,3-5,9-11,14H2,(H,19,21). The number of hydrogen-bond acceptors (Lipinski definition) is 4. The van der Waals surface area contributed by atoms with E-state index in [-0.39, 0.29) is 5.91 Å². The SMILES string of the molecule is C=CCOc1cccc(C=NNC(=O)CN2CCCCC2)c1. The molecule has 1 fully saturated rings. The molecule has 1 aliphatic rings. The highest BCUT2D eigenvalue weighted by atomic mass is 16.5. The molecule has 0 radical (unpaired) electrons. The third kappa shape index (κ3) is 5.69.